The van der Waals surface area contributed by atoms with Gasteiger partial charge in [0.2, 0.25) is 5.01 Å². The van der Waals surface area contributed by atoms with Gasteiger partial charge in [0, 0.05) is 35.3 Å². The Bertz CT molecular complexity index is 847. The first-order valence-corrected chi connectivity index (χ1v) is 10.4. The van der Waals surface area contributed by atoms with Crippen LogP contribution in [0.4, 0.5) is 10.5 Å². The highest BCUT2D eigenvalue weighted by molar-refractivity contribution is 7.13. The van der Waals surface area contributed by atoms with Crippen molar-refractivity contribution in [1.29, 1.82) is 0 Å². The van der Waals surface area contributed by atoms with Crippen LogP contribution < -0.4 is 10.6 Å². The van der Waals surface area contributed by atoms with Gasteiger partial charge in [0.15, 0.2) is 0 Å². The van der Waals surface area contributed by atoms with E-state index in [2.05, 4.69) is 20.8 Å². The van der Waals surface area contributed by atoms with E-state index in [9.17, 15) is 9.59 Å². The first-order valence-electron chi connectivity index (χ1n) is 9.19. The van der Waals surface area contributed by atoms with Gasteiger partial charge >= 0.3 is 6.03 Å². The summed E-state index contributed by atoms with van der Waals surface area (Å²) in [5, 5.41) is 15.7. The molecule has 1 aliphatic heterocycles. The SMILES string of the molecule is CC(C)(C)NC(=O)N1CCC[C@@H](c2nnc(C(=O)Nc3ccc(Cl)cc3)s2)C1. The first kappa shape index (κ1) is 20.5. The molecule has 1 aromatic heterocycles. The first-order chi connectivity index (χ1) is 13.2. The average molecular weight is 422 g/mol. The molecule has 28 heavy (non-hydrogen) atoms. The van der Waals surface area contributed by atoms with Crippen molar-refractivity contribution in [2.45, 2.75) is 45.1 Å². The van der Waals surface area contributed by atoms with Crippen molar-refractivity contribution >= 4 is 40.6 Å². The fraction of sp³-hybridized carbons (Fsp3) is 0.474. The molecule has 2 aromatic rings. The highest BCUT2D eigenvalue weighted by Gasteiger charge is 2.29. The monoisotopic (exact) mass is 421 g/mol. The van der Waals surface area contributed by atoms with Gasteiger partial charge in [0.25, 0.3) is 5.91 Å². The number of nitrogens with zero attached hydrogens (tertiary/aromatic N) is 3. The lowest BCUT2D eigenvalue weighted by Gasteiger charge is -2.34. The van der Waals surface area contributed by atoms with Crippen molar-refractivity contribution in [3.63, 3.8) is 0 Å². The van der Waals surface area contributed by atoms with E-state index in [0.717, 1.165) is 24.4 Å². The number of hydrogen-bond acceptors (Lipinski definition) is 5. The van der Waals surface area contributed by atoms with Crippen molar-refractivity contribution in [1.82, 2.24) is 20.4 Å². The molecule has 7 nitrogen and oxygen atoms in total. The minimum Gasteiger partial charge on any atom is -0.333 e. The van der Waals surface area contributed by atoms with Crippen LogP contribution in [0.3, 0.4) is 0 Å². The third kappa shape index (κ3) is 5.42. The summed E-state index contributed by atoms with van der Waals surface area (Å²) in [6, 6.07) is 6.82. The average Bonchev–Trinajstić information content (AvgIpc) is 3.13. The summed E-state index contributed by atoms with van der Waals surface area (Å²) < 4.78 is 0. The summed E-state index contributed by atoms with van der Waals surface area (Å²) in [6.45, 7) is 7.18. The largest absolute Gasteiger partial charge is 0.333 e. The summed E-state index contributed by atoms with van der Waals surface area (Å²) in [6.07, 6.45) is 1.82. The second-order valence-electron chi connectivity index (χ2n) is 7.87. The third-order valence-corrected chi connectivity index (χ3v) is 5.61. The number of halogens is 1. The lowest BCUT2D eigenvalue weighted by atomic mass is 9.99. The molecule has 1 aromatic carbocycles. The molecule has 0 radical (unpaired) electrons. The van der Waals surface area contributed by atoms with E-state index in [-0.39, 0.29) is 23.4 Å². The standard InChI is InChI=1S/C19H24ClN5O2S/c1-19(2,3)22-18(27)25-10-4-5-12(11-25)16-23-24-17(28-16)15(26)21-14-8-6-13(20)7-9-14/h6-9,12H,4-5,10-11H2,1-3H3,(H,21,26)(H,22,27)/t12-/m1/s1. The van der Waals surface area contributed by atoms with Gasteiger partial charge in [-0.2, -0.15) is 0 Å². The summed E-state index contributed by atoms with van der Waals surface area (Å²) in [7, 11) is 0. The Kier molecular flexibility index (Phi) is 6.20. The van der Waals surface area contributed by atoms with Gasteiger partial charge in [-0.25, -0.2) is 4.79 Å². The van der Waals surface area contributed by atoms with Gasteiger partial charge < -0.3 is 15.5 Å². The van der Waals surface area contributed by atoms with Crippen molar-refractivity contribution in [2.75, 3.05) is 18.4 Å². The lowest BCUT2D eigenvalue weighted by molar-refractivity contribution is 0.102. The van der Waals surface area contributed by atoms with E-state index in [1.807, 2.05) is 25.7 Å². The van der Waals surface area contributed by atoms with Crippen LogP contribution in [-0.2, 0) is 0 Å². The van der Waals surface area contributed by atoms with Crippen molar-refractivity contribution < 1.29 is 9.59 Å². The number of carbonyl (C=O) groups excluding carboxylic acids is 2. The number of nitrogens with one attached hydrogen (secondary N) is 2. The quantitative estimate of drug-likeness (QED) is 0.779. The summed E-state index contributed by atoms with van der Waals surface area (Å²) in [4.78, 5) is 26.7. The van der Waals surface area contributed by atoms with E-state index >= 15 is 0 Å². The van der Waals surface area contributed by atoms with Crippen molar-refractivity contribution in [3.05, 3.63) is 39.3 Å². The molecule has 0 aliphatic carbocycles. The van der Waals surface area contributed by atoms with Crippen LogP contribution in [-0.4, -0.2) is 45.7 Å². The van der Waals surface area contributed by atoms with Crippen molar-refractivity contribution in [2.24, 2.45) is 0 Å². The van der Waals surface area contributed by atoms with E-state index in [0.29, 0.717) is 22.3 Å². The minimum absolute atomic E-state index is 0.0672. The number of anilines is 1. The molecule has 3 amide bonds. The van der Waals surface area contributed by atoms with Crippen LogP contribution in [0.25, 0.3) is 0 Å². The summed E-state index contributed by atoms with van der Waals surface area (Å²) in [5.41, 5.74) is 0.369. The number of amides is 3. The van der Waals surface area contributed by atoms with E-state index in [1.54, 1.807) is 24.3 Å². The zero-order valence-corrected chi connectivity index (χ0v) is 17.7. The summed E-state index contributed by atoms with van der Waals surface area (Å²) >= 11 is 7.14. The van der Waals surface area contributed by atoms with Gasteiger partial charge in [0.1, 0.15) is 5.01 Å². The molecule has 0 saturated carbocycles. The minimum atomic E-state index is -0.302. The predicted molar refractivity (Wildman–Crippen MR) is 111 cm³/mol. The molecule has 1 saturated heterocycles. The highest BCUT2D eigenvalue weighted by Crippen LogP contribution is 2.29. The Labute approximate surface area is 173 Å². The highest BCUT2D eigenvalue weighted by atomic mass is 35.5. The Morgan fingerprint density at radius 3 is 2.61 bits per heavy atom. The van der Waals surface area contributed by atoms with Crippen LogP contribution in [0.1, 0.15) is 54.3 Å². The number of urea groups is 1. The normalized spacial score (nSPS) is 17.3. The zero-order chi connectivity index (χ0) is 20.3. The smallest absolute Gasteiger partial charge is 0.317 e. The molecule has 0 bridgehead atoms. The maximum atomic E-state index is 12.4. The number of piperidine rings is 1. The number of benzene rings is 1. The Morgan fingerprint density at radius 1 is 1.21 bits per heavy atom. The molecule has 0 spiro atoms. The van der Waals surface area contributed by atoms with Crippen molar-refractivity contribution in [3.8, 4) is 0 Å². The molecule has 2 heterocycles. The second kappa shape index (κ2) is 8.45. The fourth-order valence-electron chi connectivity index (χ4n) is 2.97. The van der Waals surface area contributed by atoms with Gasteiger partial charge in [0.05, 0.1) is 0 Å². The molecule has 1 fully saturated rings. The Hall–Kier alpha value is -2.19. The maximum absolute atomic E-state index is 12.4. The molecular weight excluding hydrogens is 398 g/mol. The second-order valence-corrected chi connectivity index (χ2v) is 9.32. The van der Waals surface area contributed by atoms with E-state index < -0.39 is 0 Å². The molecule has 1 aliphatic rings. The lowest BCUT2D eigenvalue weighted by Crippen LogP contribution is -2.51. The number of hydrogen-bond donors (Lipinski definition) is 2. The molecular formula is C19H24ClN5O2S. The number of likely N-dealkylation sites (tertiary alicyclic amines) is 1. The molecule has 0 unspecified atom stereocenters. The number of rotatable bonds is 3. The molecule has 2 N–H and O–H groups in total. The van der Waals surface area contributed by atoms with Crippen LogP contribution >= 0.6 is 22.9 Å². The Balaban J connectivity index is 1.63. The number of aromatic nitrogens is 2. The van der Waals surface area contributed by atoms with E-state index in [4.69, 9.17) is 11.6 Å². The molecule has 150 valence electrons. The van der Waals surface area contributed by atoms with Crippen LogP contribution in [0.2, 0.25) is 5.02 Å². The zero-order valence-electron chi connectivity index (χ0n) is 16.2. The van der Waals surface area contributed by atoms with Crippen LogP contribution in [0.15, 0.2) is 24.3 Å². The van der Waals surface area contributed by atoms with Crippen LogP contribution in [0, 0.1) is 0 Å². The molecule has 3 rings (SSSR count). The fourth-order valence-corrected chi connectivity index (χ4v) is 3.96. The molecule has 9 heteroatoms. The third-order valence-electron chi connectivity index (χ3n) is 4.28. The van der Waals surface area contributed by atoms with Gasteiger partial charge in [-0.05, 0) is 57.9 Å². The predicted octanol–water partition coefficient (Wildman–Crippen LogP) is 4.13. The number of carbonyl (C=O) groups is 2. The maximum Gasteiger partial charge on any atom is 0.317 e. The van der Waals surface area contributed by atoms with Crippen LogP contribution in [0.5, 0.6) is 0 Å². The molecule has 1 atom stereocenters. The Morgan fingerprint density at radius 2 is 1.93 bits per heavy atom. The van der Waals surface area contributed by atoms with E-state index in [1.165, 1.54) is 11.3 Å². The topological polar surface area (TPSA) is 87.2 Å². The van der Waals surface area contributed by atoms with Gasteiger partial charge in [-0.3, -0.25) is 4.79 Å². The van der Waals surface area contributed by atoms with Gasteiger partial charge in [-0.15, -0.1) is 10.2 Å². The summed E-state index contributed by atoms with van der Waals surface area (Å²) in [5.74, 6) is -0.210. The van der Waals surface area contributed by atoms with Gasteiger partial charge in [-0.1, -0.05) is 22.9 Å².